The maximum atomic E-state index is 13.6. The zero-order chi connectivity index (χ0) is 27.6. The summed E-state index contributed by atoms with van der Waals surface area (Å²) < 4.78 is 15.6. The van der Waals surface area contributed by atoms with Crippen molar-refractivity contribution in [2.75, 3.05) is 13.2 Å². The molecule has 0 spiro atoms. The van der Waals surface area contributed by atoms with Gasteiger partial charge in [0.25, 0.3) is 0 Å². The molecule has 0 saturated heterocycles. The summed E-state index contributed by atoms with van der Waals surface area (Å²) in [5.41, 5.74) is 6.86. The zero-order valence-corrected chi connectivity index (χ0v) is 23.2. The van der Waals surface area contributed by atoms with Gasteiger partial charge in [0.2, 0.25) is 0 Å². The van der Waals surface area contributed by atoms with Gasteiger partial charge >= 0.3 is 6.03 Å². The number of aromatic nitrogens is 2. The molecule has 3 aliphatic carbocycles. The van der Waals surface area contributed by atoms with Gasteiger partial charge in [0.1, 0.15) is 5.82 Å². The van der Waals surface area contributed by atoms with E-state index in [1.807, 2.05) is 21.8 Å². The van der Waals surface area contributed by atoms with Crippen LogP contribution in [0.4, 0.5) is 9.18 Å². The van der Waals surface area contributed by atoms with Crippen LogP contribution in [0, 0.1) is 11.7 Å². The first-order valence-electron chi connectivity index (χ1n) is 14.9. The third-order valence-electron chi connectivity index (χ3n) is 9.18. The second-order valence-electron chi connectivity index (χ2n) is 11.6. The summed E-state index contributed by atoms with van der Waals surface area (Å²) in [6.45, 7) is 2.38. The Morgan fingerprint density at radius 3 is 2.62 bits per heavy atom. The van der Waals surface area contributed by atoms with Crippen LogP contribution in [0.3, 0.4) is 0 Å². The van der Waals surface area contributed by atoms with E-state index in [1.165, 1.54) is 35.3 Å². The van der Waals surface area contributed by atoms with E-state index in [0.29, 0.717) is 12.5 Å². The Labute approximate surface area is 235 Å². The van der Waals surface area contributed by atoms with E-state index in [4.69, 9.17) is 5.10 Å². The Morgan fingerprint density at radius 2 is 1.85 bits per heavy atom. The number of halogens is 1. The number of carbonyl (C=O) groups is 1. The largest absolute Gasteiger partial charge is 0.395 e. The molecule has 3 aromatic rings. The zero-order valence-electron chi connectivity index (χ0n) is 23.2. The molecule has 0 aliphatic heterocycles. The van der Waals surface area contributed by atoms with Gasteiger partial charge in [-0.3, -0.25) is 0 Å². The lowest BCUT2D eigenvalue weighted by Crippen LogP contribution is -2.48. The molecule has 2 aromatic carbocycles. The second-order valence-corrected chi connectivity index (χ2v) is 11.6. The monoisotopic (exact) mass is 542 g/mol. The number of carbonyl (C=O) groups excluding carboxylic acids is 1. The SMILES string of the molecule is CC(NC(=O)N(CCO)C1CCCCC1)c1ccccc1C1c2cnn(-c3ccc(F)cc3)c2C=C2CCCC21. The van der Waals surface area contributed by atoms with Gasteiger partial charge in [0.15, 0.2) is 0 Å². The summed E-state index contributed by atoms with van der Waals surface area (Å²) in [5.74, 6) is 0.271. The highest BCUT2D eigenvalue weighted by molar-refractivity contribution is 5.75. The van der Waals surface area contributed by atoms with Crippen LogP contribution in [0.1, 0.15) is 92.6 Å². The van der Waals surface area contributed by atoms with Crippen LogP contribution in [0.25, 0.3) is 11.8 Å². The molecule has 7 heteroatoms. The fraction of sp³-hybridized carbons (Fsp3) is 0.455. The Balaban J connectivity index is 1.33. The standard InChI is InChI=1S/C33H39FN4O2/c1-22(36-33(40)37(18-19-39)25-9-3-2-4-10-25)27-11-5-6-12-29(27)32-28-13-7-8-23(28)20-31-30(32)21-35-38(31)26-16-14-24(34)15-17-26/h5-6,11-12,14-17,20-22,25,28,32,39H,2-4,7-10,13,18-19H2,1H3,(H,36,40). The summed E-state index contributed by atoms with van der Waals surface area (Å²) in [6.07, 6.45) is 13.1. The van der Waals surface area contributed by atoms with Gasteiger partial charge in [0, 0.05) is 24.1 Å². The number of hydrogen-bond donors (Lipinski definition) is 2. The van der Waals surface area contributed by atoms with E-state index in [9.17, 15) is 14.3 Å². The lowest BCUT2D eigenvalue weighted by Gasteiger charge is -2.36. The predicted molar refractivity (Wildman–Crippen MR) is 155 cm³/mol. The van der Waals surface area contributed by atoms with Crippen molar-refractivity contribution in [1.29, 1.82) is 0 Å². The first-order chi connectivity index (χ1) is 19.5. The first-order valence-corrected chi connectivity index (χ1v) is 14.9. The Bertz CT molecular complexity index is 1380. The molecule has 2 saturated carbocycles. The number of nitrogens with zero attached hydrogens (tertiary/aromatic N) is 3. The summed E-state index contributed by atoms with van der Waals surface area (Å²) in [7, 11) is 0. The van der Waals surface area contributed by atoms with Crippen molar-refractivity contribution < 1.29 is 14.3 Å². The number of hydrogen-bond acceptors (Lipinski definition) is 3. The van der Waals surface area contributed by atoms with Gasteiger partial charge in [-0.05, 0) is 86.4 Å². The second kappa shape index (κ2) is 11.6. The third kappa shape index (κ3) is 5.07. The average molecular weight is 543 g/mol. The summed E-state index contributed by atoms with van der Waals surface area (Å²) >= 11 is 0. The van der Waals surface area contributed by atoms with E-state index in [1.54, 1.807) is 12.1 Å². The molecule has 3 aliphatic rings. The van der Waals surface area contributed by atoms with Gasteiger partial charge in [0.05, 0.1) is 30.2 Å². The number of amides is 2. The Morgan fingerprint density at radius 1 is 1.07 bits per heavy atom. The number of aliphatic hydroxyl groups is 1. The van der Waals surface area contributed by atoms with Crippen LogP contribution in [0.15, 0.2) is 60.3 Å². The minimum atomic E-state index is -0.261. The van der Waals surface area contributed by atoms with E-state index >= 15 is 0 Å². The fourth-order valence-corrected chi connectivity index (χ4v) is 7.26. The van der Waals surface area contributed by atoms with Crippen LogP contribution in [-0.4, -0.2) is 45.0 Å². The van der Waals surface area contributed by atoms with E-state index in [-0.39, 0.29) is 36.5 Å². The highest BCUT2D eigenvalue weighted by Gasteiger charge is 2.39. The van der Waals surface area contributed by atoms with Crippen LogP contribution in [0.5, 0.6) is 0 Å². The van der Waals surface area contributed by atoms with Crippen LogP contribution < -0.4 is 5.32 Å². The molecule has 1 aromatic heterocycles. The molecule has 1 heterocycles. The van der Waals surface area contributed by atoms with Crippen molar-refractivity contribution >= 4 is 12.1 Å². The molecule has 6 rings (SSSR count). The average Bonchev–Trinajstić information content (AvgIpc) is 3.62. The van der Waals surface area contributed by atoms with Gasteiger partial charge in [-0.1, -0.05) is 49.1 Å². The van der Waals surface area contributed by atoms with Crippen LogP contribution >= 0.6 is 0 Å². The van der Waals surface area contributed by atoms with Gasteiger partial charge in [-0.2, -0.15) is 5.10 Å². The molecule has 40 heavy (non-hydrogen) atoms. The summed E-state index contributed by atoms with van der Waals surface area (Å²) in [5, 5.41) is 17.8. The number of rotatable bonds is 7. The van der Waals surface area contributed by atoms with Crippen molar-refractivity contribution in [3.63, 3.8) is 0 Å². The van der Waals surface area contributed by atoms with Crippen LogP contribution in [0.2, 0.25) is 0 Å². The number of urea groups is 1. The van der Waals surface area contributed by atoms with Crippen molar-refractivity contribution in [2.45, 2.75) is 76.3 Å². The maximum Gasteiger partial charge on any atom is 0.318 e. The van der Waals surface area contributed by atoms with Gasteiger partial charge in [-0.15, -0.1) is 0 Å². The molecule has 0 radical (unpaired) electrons. The van der Waals surface area contributed by atoms with Crippen molar-refractivity contribution in [2.24, 2.45) is 5.92 Å². The predicted octanol–water partition coefficient (Wildman–Crippen LogP) is 6.74. The molecule has 2 fully saturated rings. The molecule has 3 atom stereocenters. The number of fused-ring (bicyclic) bond motifs is 2. The maximum absolute atomic E-state index is 13.6. The van der Waals surface area contributed by atoms with Crippen molar-refractivity contribution in [3.05, 3.63) is 88.5 Å². The van der Waals surface area contributed by atoms with Gasteiger partial charge < -0.3 is 15.3 Å². The van der Waals surface area contributed by atoms with Crippen LogP contribution in [-0.2, 0) is 0 Å². The summed E-state index contributed by atoms with van der Waals surface area (Å²) in [4.78, 5) is 15.4. The number of allylic oxidation sites excluding steroid dienone is 1. The first kappa shape index (κ1) is 26.8. The highest BCUT2D eigenvalue weighted by atomic mass is 19.1. The lowest BCUT2D eigenvalue weighted by atomic mass is 9.73. The molecule has 210 valence electrons. The molecule has 2 N–H and O–H groups in total. The Kier molecular flexibility index (Phi) is 7.74. The number of nitrogens with one attached hydrogen (secondary N) is 1. The fourth-order valence-electron chi connectivity index (χ4n) is 7.26. The molecule has 0 bridgehead atoms. The minimum absolute atomic E-state index is 0.0332. The van der Waals surface area contributed by atoms with E-state index in [2.05, 4.69) is 36.5 Å². The molecular formula is C33H39FN4O2. The Hall–Kier alpha value is -3.45. The smallest absolute Gasteiger partial charge is 0.318 e. The quantitative estimate of drug-likeness (QED) is 0.347. The topological polar surface area (TPSA) is 70.4 Å². The van der Waals surface area contributed by atoms with Crippen molar-refractivity contribution in [3.8, 4) is 5.69 Å². The van der Waals surface area contributed by atoms with Gasteiger partial charge in [-0.25, -0.2) is 13.9 Å². The number of benzene rings is 2. The minimum Gasteiger partial charge on any atom is -0.395 e. The normalized spacial score (nSPS) is 21.3. The third-order valence-corrected chi connectivity index (χ3v) is 9.18. The molecule has 6 nitrogen and oxygen atoms in total. The highest BCUT2D eigenvalue weighted by Crippen LogP contribution is 2.51. The lowest BCUT2D eigenvalue weighted by molar-refractivity contribution is 0.132. The summed E-state index contributed by atoms with van der Waals surface area (Å²) in [6, 6.07) is 14.9. The van der Waals surface area contributed by atoms with Crippen molar-refractivity contribution in [1.82, 2.24) is 20.0 Å². The molecule has 3 unspecified atom stereocenters. The molecular weight excluding hydrogens is 503 g/mol. The van der Waals surface area contributed by atoms with E-state index in [0.717, 1.165) is 61.9 Å². The number of aliphatic hydroxyl groups excluding tert-OH is 1. The molecule has 2 amide bonds. The van der Waals surface area contributed by atoms with E-state index < -0.39 is 0 Å².